The molecule has 0 atom stereocenters. The molecular formula is C22H20F3N3O2. The second kappa shape index (κ2) is 7.51. The Balaban J connectivity index is 1.57. The fourth-order valence-electron chi connectivity index (χ4n) is 3.40. The van der Waals surface area contributed by atoms with Crippen LogP contribution in [0.3, 0.4) is 0 Å². The lowest BCUT2D eigenvalue weighted by atomic mass is 10.2. The molecule has 1 aliphatic carbocycles. The molecule has 8 heteroatoms. The summed E-state index contributed by atoms with van der Waals surface area (Å²) >= 11 is 0. The van der Waals surface area contributed by atoms with Crippen molar-refractivity contribution in [2.45, 2.75) is 32.5 Å². The zero-order chi connectivity index (χ0) is 21.5. The monoisotopic (exact) mass is 415 g/mol. The van der Waals surface area contributed by atoms with Gasteiger partial charge in [-0.2, -0.15) is 13.2 Å². The fourth-order valence-corrected chi connectivity index (χ4v) is 3.40. The number of nitrogens with one attached hydrogen (secondary N) is 2. The van der Waals surface area contributed by atoms with E-state index in [-0.39, 0.29) is 17.5 Å². The van der Waals surface area contributed by atoms with Crippen molar-refractivity contribution in [2.75, 3.05) is 10.6 Å². The normalized spacial score (nSPS) is 14.0. The summed E-state index contributed by atoms with van der Waals surface area (Å²) in [5.74, 6) is -0.327. The summed E-state index contributed by atoms with van der Waals surface area (Å²) in [4.78, 5) is 24.8. The van der Waals surface area contributed by atoms with Crippen molar-refractivity contribution < 1.29 is 22.8 Å². The number of hydrogen-bond acceptors (Lipinski definition) is 2. The SMILES string of the molecule is CCn1c(C(=O)Nc2ccc(C(F)(F)F)cc2)cc2cc(NC(=O)C3CC3)ccc21. The first-order valence-corrected chi connectivity index (χ1v) is 9.69. The standard InChI is InChI=1S/C22H20F3N3O2/c1-2-28-18-10-9-17(27-20(29)13-3-4-13)11-14(18)12-19(28)21(30)26-16-7-5-15(6-8-16)22(23,24)25/h5-13H,2-4H2,1H3,(H,26,30)(H,27,29). The second-order valence-corrected chi connectivity index (χ2v) is 7.34. The van der Waals surface area contributed by atoms with Crippen molar-refractivity contribution in [3.63, 3.8) is 0 Å². The molecule has 0 saturated heterocycles. The minimum Gasteiger partial charge on any atom is -0.337 e. The van der Waals surface area contributed by atoms with E-state index in [1.54, 1.807) is 12.1 Å². The van der Waals surface area contributed by atoms with Crippen LogP contribution in [-0.4, -0.2) is 16.4 Å². The van der Waals surface area contributed by atoms with Crippen LogP contribution in [0.25, 0.3) is 10.9 Å². The topological polar surface area (TPSA) is 63.1 Å². The zero-order valence-corrected chi connectivity index (χ0v) is 16.2. The lowest BCUT2D eigenvalue weighted by Crippen LogP contribution is -2.16. The molecule has 0 radical (unpaired) electrons. The lowest BCUT2D eigenvalue weighted by molar-refractivity contribution is -0.137. The number of rotatable bonds is 5. The highest BCUT2D eigenvalue weighted by Crippen LogP contribution is 2.32. The van der Waals surface area contributed by atoms with Gasteiger partial charge in [0, 0.05) is 34.7 Å². The summed E-state index contributed by atoms with van der Waals surface area (Å²) in [6.07, 6.45) is -2.60. The molecule has 0 unspecified atom stereocenters. The predicted molar refractivity (Wildman–Crippen MR) is 108 cm³/mol. The van der Waals surface area contributed by atoms with Gasteiger partial charge in [0.25, 0.3) is 5.91 Å². The lowest BCUT2D eigenvalue weighted by Gasteiger charge is -2.10. The number of alkyl halides is 3. The van der Waals surface area contributed by atoms with Gasteiger partial charge in [0.15, 0.2) is 0 Å². The van der Waals surface area contributed by atoms with E-state index in [0.717, 1.165) is 35.9 Å². The molecule has 5 nitrogen and oxygen atoms in total. The number of carbonyl (C=O) groups excluding carboxylic acids is 2. The third-order valence-electron chi connectivity index (χ3n) is 5.14. The molecule has 1 heterocycles. The molecule has 2 amide bonds. The van der Waals surface area contributed by atoms with Gasteiger partial charge in [-0.05, 0) is 68.3 Å². The molecule has 1 fully saturated rings. The quantitative estimate of drug-likeness (QED) is 0.596. The van der Waals surface area contributed by atoms with Gasteiger partial charge >= 0.3 is 6.18 Å². The second-order valence-electron chi connectivity index (χ2n) is 7.34. The Labute approximate surface area is 170 Å². The van der Waals surface area contributed by atoms with Crippen LogP contribution in [0.1, 0.15) is 35.8 Å². The Hall–Kier alpha value is -3.29. The van der Waals surface area contributed by atoms with Gasteiger partial charge in [-0.3, -0.25) is 9.59 Å². The van der Waals surface area contributed by atoms with Crippen molar-refractivity contribution >= 4 is 34.1 Å². The van der Waals surface area contributed by atoms with E-state index in [2.05, 4.69) is 10.6 Å². The molecule has 2 aromatic carbocycles. The Morgan fingerprint density at radius 1 is 1.00 bits per heavy atom. The van der Waals surface area contributed by atoms with Crippen LogP contribution < -0.4 is 10.6 Å². The molecule has 1 saturated carbocycles. The van der Waals surface area contributed by atoms with Gasteiger partial charge in [0.2, 0.25) is 5.91 Å². The van der Waals surface area contributed by atoms with E-state index in [4.69, 9.17) is 0 Å². The van der Waals surface area contributed by atoms with Gasteiger partial charge in [0.05, 0.1) is 5.56 Å². The number of halogens is 3. The molecule has 0 bridgehead atoms. The maximum atomic E-state index is 12.8. The van der Waals surface area contributed by atoms with E-state index >= 15 is 0 Å². The van der Waals surface area contributed by atoms with E-state index in [1.807, 2.05) is 23.6 Å². The summed E-state index contributed by atoms with van der Waals surface area (Å²) < 4.78 is 39.9. The molecule has 0 spiro atoms. The Morgan fingerprint density at radius 2 is 1.67 bits per heavy atom. The average molecular weight is 415 g/mol. The number of aryl methyl sites for hydroxylation is 1. The van der Waals surface area contributed by atoms with Gasteiger partial charge in [-0.1, -0.05) is 0 Å². The van der Waals surface area contributed by atoms with Crippen LogP contribution in [0.2, 0.25) is 0 Å². The van der Waals surface area contributed by atoms with Crippen LogP contribution in [0.4, 0.5) is 24.5 Å². The number of carbonyl (C=O) groups is 2. The molecule has 1 aliphatic rings. The molecule has 156 valence electrons. The van der Waals surface area contributed by atoms with Crippen molar-refractivity contribution in [1.82, 2.24) is 4.57 Å². The predicted octanol–water partition coefficient (Wildman–Crippen LogP) is 5.28. The Morgan fingerprint density at radius 3 is 2.27 bits per heavy atom. The first-order chi connectivity index (χ1) is 14.3. The molecule has 30 heavy (non-hydrogen) atoms. The molecule has 2 N–H and O–H groups in total. The largest absolute Gasteiger partial charge is 0.416 e. The van der Waals surface area contributed by atoms with Gasteiger partial charge < -0.3 is 15.2 Å². The molecule has 4 rings (SSSR count). The first-order valence-electron chi connectivity index (χ1n) is 9.69. The molecular weight excluding hydrogens is 395 g/mol. The summed E-state index contributed by atoms with van der Waals surface area (Å²) in [6.45, 7) is 2.43. The maximum Gasteiger partial charge on any atom is 0.416 e. The van der Waals surface area contributed by atoms with Crippen LogP contribution >= 0.6 is 0 Å². The number of aromatic nitrogens is 1. The number of anilines is 2. The highest BCUT2D eigenvalue weighted by atomic mass is 19.4. The van der Waals surface area contributed by atoms with E-state index in [0.29, 0.717) is 17.9 Å². The first kappa shape index (κ1) is 20.0. The number of fused-ring (bicyclic) bond motifs is 1. The van der Waals surface area contributed by atoms with Crippen molar-refractivity contribution in [1.29, 1.82) is 0 Å². The molecule has 0 aliphatic heterocycles. The maximum absolute atomic E-state index is 12.8. The summed E-state index contributed by atoms with van der Waals surface area (Å²) in [6, 6.07) is 11.5. The highest BCUT2D eigenvalue weighted by Gasteiger charge is 2.30. The Kier molecular flexibility index (Phi) is 5.01. The summed E-state index contributed by atoms with van der Waals surface area (Å²) in [5, 5.41) is 6.33. The molecule has 1 aromatic heterocycles. The van der Waals surface area contributed by atoms with Crippen LogP contribution in [0.5, 0.6) is 0 Å². The Bertz CT molecular complexity index is 1110. The summed E-state index contributed by atoms with van der Waals surface area (Å²) in [7, 11) is 0. The van der Waals surface area contributed by atoms with Crippen LogP contribution in [0, 0.1) is 5.92 Å². The third kappa shape index (κ3) is 4.03. The zero-order valence-electron chi connectivity index (χ0n) is 16.2. The number of amides is 2. The minimum atomic E-state index is -4.43. The van der Waals surface area contributed by atoms with Crippen molar-refractivity contribution in [3.8, 4) is 0 Å². The van der Waals surface area contributed by atoms with Crippen LogP contribution in [0.15, 0.2) is 48.5 Å². The summed E-state index contributed by atoms with van der Waals surface area (Å²) in [5.41, 5.74) is 1.39. The number of hydrogen-bond donors (Lipinski definition) is 2. The fraction of sp³-hybridized carbons (Fsp3) is 0.273. The highest BCUT2D eigenvalue weighted by molar-refractivity contribution is 6.07. The van der Waals surface area contributed by atoms with E-state index in [9.17, 15) is 22.8 Å². The average Bonchev–Trinajstić information content (AvgIpc) is 3.48. The smallest absolute Gasteiger partial charge is 0.337 e. The van der Waals surface area contributed by atoms with E-state index < -0.39 is 17.6 Å². The number of nitrogens with zero attached hydrogens (tertiary/aromatic N) is 1. The van der Waals surface area contributed by atoms with E-state index in [1.165, 1.54) is 12.1 Å². The molecule has 3 aromatic rings. The third-order valence-corrected chi connectivity index (χ3v) is 5.14. The van der Waals surface area contributed by atoms with Gasteiger partial charge in [0.1, 0.15) is 5.69 Å². The minimum absolute atomic E-state index is 0.00421. The van der Waals surface area contributed by atoms with Gasteiger partial charge in [-0.15, -0.1) is 0 Å². The van der Waals surface area contributed by atoms with Crippen LogP contribution in [-0.2, 0) is 17.5 Å². The van der Waals surface area contributed by atoms with Crippen molar-refractivity contribution in [2.24, 2.45) is 5.92 Å². The van der Waals surface area contributed by atoms with Gasteiger partial charge in [-0.25, -0.2) is 0 Å². The number of benzene rings is 2. The van der Waals surface area contributed by atoms with Crippen molar-refractivity contribution in [3.05, 3.63) is 59.8 Å².